The minimum atomic E-state index is -0.369. The average Bonchev–Trinajstić information content (AvgIpc) is 3.23. The Morgan fingerprint density at radius 2 is 2.04 bits per heavy atom. The number of H-pyrrole nitrogens is 1. The van der Waals surface area contributed by atoms with Crippen molar-refractivity contribution in [2.24, 2.45) is 5.92 Å². The van der Waals surface area contributed by atoms with Gasteiger partial charge in [-0.1, -0.05) is 29.8 Å². The van der Waals surface area contributed by atoms with Crippen LogP contribution < -0.4 is 10.2 Å². The van der Waals surface area contributed by atoms with Crippen molar-refractivity contribution in [3.63, 3.8) is 0 Å². The van der Waals surface area contributed by atoms with Crippen LogP contribution in [0.1, 0.15) is 12.0 Å². The highest BCUT2D eigenvalue weighted by molar-refractivity contribution is 6.06. The Hall–Kier alpha value is -3.15. The van der Waals surface area contributed by atoms with E-state index >= 15 is 0 Å². The highest BCUT2D eigenvalue weighted by atomic mass is 16.2. The maximum Gasteiger partial charge on any atom is 0.229 e. The highest BCUT2D eigenvalue weighted by Gasteiger charge is 2.35. The number of hydrogen-bond acceptors (Lipinski definition) is 3. The second-order valence-electron chi connectivity index (χ2n) is 6.37. The Balaban J connectivity index is 1.51. The molecule has 126 valence electrons. The molecule has 2 heterocycles. The molecule has 4 rings (SSSR count). The zero-order chi connectivity index (χ0) is 17.4. The largest absolute Gasteiger partial charge is 0.324 e. The van der Waals surface area contributed by atoms with Crippen molar-refractivity contribution in [3.05, 3.63) is 54.2 Å². The van der Waals surface area contributed by atoms with E-state index in [2.05, 4.69) is 15.5 Å². The van der Waals surface area contributed by atoms with Crippen LogP contribution in [0.15, 0.2) is 48.7 Å². The molecule has 1 aliphatic heterocycles. The summed E-state index contributed by atoms with van der Waals surface area (Å²) in [6.07, 6.45) is 1.93. The van der Waals surface area contributed by atoms with Gasteiger partial charge in [0.2, 0.25) is 11.8 Å². The molecule has 2 amide bonds. The molecule has 3 aromatic rings. The summed E-state index contributed by atoms with van der Waals surface area (Å²) in [6.45, 7) is 2.40. The van der Waals surface area contributed by atoms with Gasteiger partial charge in [-0.05, 0) is 25.1 Å². The Morgan fingerprint density at radius 1 is 1.24 bits per heavy atom. The van der Waals surface area contributed by atoms with Crippen LogP contribution in [0.3, 0.4) is 0 Å². The standard InChI is InChI=1S/C19H18N4O2/c1-12-5-7-15(8-6-12)23-11-14(9-17(23)24)19(25)21-16-4-2-3-13-10-20-22-18(13)16/h2-8,10,14H,9,11H2,1H3,(H,20,22)(H,21,25). The van der Waals surface area contributed by atoms with Crippen molar-refractivity contribution in [3.8, 4) is 0 Å². The van der Waals surface area contributed by atoms with Crippen LogP contribution in [0.25, 0.3) is 10.9 Å². The minimum Gasteiger partial charge on any atom is -0.324 e. The number of rotatable bonds is 3. The van der Waals surface area contributed by atoms with Crippen molar-refractivity contribution >= 4 is 34.1 Å². The maximum atomic E-state index is 12.6. The van der Waals surface area contributed by atoms with E-state index in [9.17, 15) is 9.59 Å². The molecule has 6 nitrogen and oxygen atoms in total. The maximum absolute atomic E-state index is 12.6. The zero-order valence-electron chi connectivity index (χ0n) is 13.8. The Kier molecular flexibility index (Phi) is 3.72. The van der Waals surface area contributed by atoms with E-state index in [1.165, 1.54) is 0 Å². The first-order valence-corrected chi connectivity index (χ1v) is 8.22. The average molecular weight is 334 g/mol. The molecule has 2 aromatic carbocycles. The number of amides is 2. The molecule has 1 aliphatic rings. The predicted octanol–water partition coefficient (Wildman–Crippen LogP) is 2.86. The quantitative estimate of drug-likeness (QED) is 0.773. The molecule has 25 heavy (non-hydrogen) atoms. The van der Waals surface area contributed by atoms with Crippen LogP contribution in [-0.2, 0) is 9.59 Å². The summed E-state index contributed by atoms with van der Waals surface area (Å²) in [5.74, 6) is -0.541. The second kappa shape index (κ2) is 6.05. The minimum absolute atomic E-state index is 0.0243. The van der Waals surface area contributed by atoms with E-state index < -0.39 is 0 Å². The van der Waals surface area contributed by atoms with Crippen molar-refractivity contribution in [1.82, 2.24) is 10.2 Å². The molecule has 6 heteroatoms. The Labute approximate surface area is 144 Å². The third-order valence-electron chi connectivity index (χ3n) is 4.58. The first-order chi connectivity index (χ1) is 12.1. The van der Waals surface area contributed by atoms with E-state index in [1.54, 1.807) is 11.1 Å². The van der Waals surface area contributed by atoms with Crippen LogP contribution in [-0.4, -0.2) is 28.6 Å². The lowest BCUT2D eigenvalue weighted by Crippen LogP contribution is -2.28. The third kappa shape index (κ3) is 2.87. The van der Waals surface area contributed by atoms with Gasteiger partial charge in [-0.15, -0.1) is 0 Å². The van der Waals surface area contributed by atoms with Gasteiger partial charge in [-0.25, -0.2) is 0 Å². The fourth-order valence-corrected chi connectivity index (χ4v) is 3.17. The van der Waals surface area contributed by atoms with Gasteiger partial charge in [0.05, 0.1) is 23.3 Å². The van der Waals surface area contributed by atoms with Crippen molar-refractivity contribution < 1.29 is 9.59 Å². The molecule has 0 aliphatic carbocycles. The van der Waals surface area contributed by atoms with E-state index in [0.29, 0.717) is 12.2 Å². The number of nitrogens with one attached hydrogen (secondary N) is 2. The monoisotopic (exact) mass is 334 g/mol. The van der Waals surface area contributed by atoms with Gasteiger partial charge in [-0.2, -0.15) is 5.10 Å². The zero-order valence-corrected chi connectivity index (χ0v) is 13.8. The number of aryl methyl sites for hydroxylation is 1. The SMILES string of the molecule is Cc1ccc(N2CC(C(=O)Nc3cccc4cn[nH]c34)CC2=O)cc1. The molecule has 1 aromatic heterocycles. The highest BCUT2D eigenvalue weighted by Crippen LogP contribution is 2.27. The van der Waals surface area contributed by atoms with Gasteiger partial charge in [0.15, 0.2) is 0 Å². The van der Waals surface area contributed by atoms with E-state index in [4.69, 9.17) is 0 Å². The first kappa shape index (κ1) is 15.4. The molecule has 0 spiro atoms. The second-order valence-corrected chi connectivity index (χ2v) is 6.37. The lowest BCUT2D eigenvalue weighted by molar-refractivity contribution is -0.122. The molecule has 1 atom stereocenters. The summed E-state index contributed by atoms with van der Waals surface area (Å²) in [6, 6.07) is 13.4. The van der Waals surface area contributed by atoms with Gasteiger partial charge in [0, 0.05) is 24.0 Å². The van der Waals surface area contributed by atoms with Gasteiger partial charge >= 0.3 is 0 Å². The van der Waals surface area contributed by atoms with Gasteiger partial charge in [-0.3, -0.25) is 14.7 Å². The molecule has 0 bridgehead atoms. The fourth-order valence-electron chi connectivity index (χ4n) is 3.17. The Morgan fingerprint density at radius 3 is 2.84 bits per heavy atom. The molecular formula is C19H18N4O2. The lowest BCUT2D eigenvalue weighted by Gasteiger charge is -2.17. The predicted molar refractivity (Wildman–Crippen MR) is 96.4 cm³/mol. The number of aromatic amines is 1. The third-order valence-corrected chi connectivity index (χ3v) is 4.58. The molecule has 1 saturated heterocycles. The number of aromatic nitrogens is 2. The molecule has 1 fully saturated rings. The number of carbonyl (C=O) groups is 2. The topological polar surface area (TPSA) is 78.1 Å². The number of para-hydroxylation sites is 1. The number of anilines is 2. The van der Waals surface area contributed by atoms with Gasteiger partial charge in [0.25, 0.3) is 0 Å². The summed E-state index contributed by atoms with van der Waals surface area (Å²) in [5.41, 5.74) is 3.44. The summed E-state index contributed by atoms with van der Waals surface area (Å²) in [7, 11) is 0. The molecular weight excluding hydrogens is 316 g/mol. The van der Waals surface area contributed by atoms with Crippen LogP contribution >= 0.6 is 0 Å². The molecule has 1 unspecified atom stereocenters. The number of hydrogen-bond donors (Lipinski definition) is 2. The van der Waals surface area contributed by atoms with Crippen LogP contribution in [0.2, 0.25) is 0 Å². The normalized spacial score (nSPS) is 17.2. The fraction of sp³-hybridized carbons (Fsp3) is 0.211. The number of nitrogens with zero attached hydrogens (tertiary/aromatic N) is 2. The van der Waals surface area contributed by atoms with Gasteiger partial charge in [0.1, 0.15) is 0 Å². The lowest BCUT2D eigenvalue weighted by atomic mass is 10.1. The van der Waals surface area contributed by atoms with Crippen LogP contribution in [0, 0.1) is 12.8 Å². The molecule has 0 radical (unpaired) electrons. The first-order valence-electron chi connectivity index (χ1n) is 8.22. The number of fused-ring (bicyclic) bond motifs is 1. The van der Waals surface area contributed by atoms with E-state index in [-0.39, 0.29) is 24.2 Å². The van der Waals surface area contributed by atoms with Gasteiger partial charge < -0.3 is 10.2 Å². The molecule has 2 N–H and O–H groups in total. The summed E-state index contributed by atoms with van der Waals surface area (Å²) >= 11 is 0. The number of carbonyl (C=O) groups excluding carboxylic acids is 2. The van der Waals surface area contributed by atoms with E-state index in [1.807, 2.05) is 49.4 Å². The Bertz CT molecular complexity index is 945. The van der Waals surface area contributed by atoms with Crippen LogP contribution in [0.5, 0.6) is 0 Å². The van der Waals surface area contributed by atoms with Crippen LogP contribution in [0.4, 0.5) is 11.4 Å². The summed E-state index contributed by atoms with van der Waals surface area (Å²) in [4.78, 5) is 26.6. The van der Waals surface area contributed by atoms with Crippen molar-refractivity contribution in [1.29, 1.82) is 0 Å². The number of benzene rings is 2. The smallest absolute Gasteiger partial charge is 0.229 e. The summed E-state index contributed by atoms with van der Waals surface area (Å²) < 4.78 is 0. The van der Waals surface area contributed by atoms with Crippen molar-refractivity contribution in [2.75, 3.05) is 16.8 Å². The van der Waals surface area contributed by atoms with Crippen molar-refractivity contribution in [2.45, 2.75) is 13.3 Å². The molecule has 0 saturated carbocycles. The summed E-state index contributed by atoms with van der Waals surface area (Å²) in [5, 5.41) is 10.7. The van der Waals surface area contributed by atoms with E-state index in [0.717, 1.165) is 22.2 Å².